The van der Waals surface area contributed by atoms with Crippen molar-refractivity contribution in [1.29, 1.82) is 0 Å². The van der Waals surface area contributed by atoms with Crippen LogP contribution in [-0.2, 0) is 4.74 Å². The summed E-state index contributed by atoms with van der Waals surface area (Å²) in [5, 5.41) is 0. The number of carbonyl (C=O) groups is 1. The van der Waals surface area contributed by atoms with E-state index >= 15 is 0 Å². The minimum absolute atomic E-state index is 0.0778. The van der Waals surface area contributed by atoms with Crippen LogP contribution in [0.3, 0.4) is 0 Å². The van der Waals surface area contributed by atoms with Crippen molar-refractivity contribution in [3.05, 3.63) is 29.3 Å². The molecule has 0 heterocycles. The summed E-state index contributed by atoms with van der Waals surface area (Å²) in [5.74, 6) is 0.912. The van der Waals surface area contributed by atoms with Crippen molar-refractivity contribution in [2.75, 3.05) is 20.3 Å². The molecule has 0 unspecified atom stereocenters. The van der Waals surface area contributed by atoms with E-state index in [1.807, 2.05) is 19.1 Å². The highest BCUT2D eigenvalue weighted by molar-refractivity contribution is 5.94. The number of carbonyl (C=O) groups excluding carboxylic acids is 1. The average Bonchev–Trinajstić information content (AvgIpc) is 2.26. The highest BCUT2D eigenvalue weighted by atomic mass is 16.5. The molecule has 0 aliphatic carbocycles. The molecule has 16 heavy (non-hydrogen) atoms. The van der Waals surface area contributed by atoms with Crippen molar-refractivity contribution in [3.63, 3.8) is 0 Å². The van der Waals surface area contributed by atoms with Crippen LogP contribution in [0.15, 0.2) is 18.2 Å². The third-order valence-electron chi connectivity index (χ3n) is 2.33. The van der Waals surface area contributed by atoms with Gasteiger partial charge in [-0.2, -0.15) is 0 Å². The standard InChI is InChI=1S/C13H18O3/c1-10-9-12(11(2)14)5-6-13(10)16-8-4-7-15-3/h5-6,9H,4,7-8H2,1-3H3. The Hall–Kier alpha value is -1.35. The fourth-order valence-corrected chi connectivity index (χ4v) is 1.42. The Morgan fingerprint density at radius 3 is 2.62 bits per heavy atom. The number of ketones is 1. The van der Waals surface area contributed by atoms with Crippen LogP contribution in [0.4, 0.5) is 0 Å². The molecule has 1 rings (SSSR count). The molecule has 3 nitrogen and oxygen atoms in total. The van der Waals surface area contributed by atoms with Crippen LogP contribution in [0.5, 0.6) is 5.75 Å². The normalized spacial score (nSPS) is 10.2. The lowest BCUT2D eigenvalue weighted by Gasteiger charge is -2.09. The number of benzene rings is 1. The van der Waals surface area contributed by atoms with Gasteiger partial charge < -0.3 is 9.47 Å². The summed E-state index contributed by atoms with van der Waals surface area (Å²) in [7, 11) is 1.67. The van der Waals surface area contributed by atoms with Crippen LogP contribution < -0.4 is 4.74 Å². The van der Waals surface area contributed by atoms with Gasteiger partial charge in [-0.05, 0) is 37.6 Å². The Bertz CT molecular complexity index is 358. The van der Waals surface area contributed by atoms with E-state index in [0.717, 1.165) is 23.3 Å². The molecular weight excluding hydrogens is 204 g/mol. The van der Waals surface area contributed by atoms with Crippen LogP contribution in [0.2, 0.25) is 0 Å². The Morgan fingerprint density at radius 1 is 1.31 bits per heavy atom. The Labute approximate surface area is 96.4 Å². The second-order valence-electron chi connectivity index (χ2n) is 3.73. The van der Waals surface area contributed by atoms with Crippen molar-refractivity contribution in [1.82, 2.24) is 0 Å². The molecule has 1 aromatic rings. The maximum atomic E-state index is 11.2. The number of hydrogen-bond donors (Lipinski definition) is 0. The Balaban J connectivity index is 2.57. The van der Waals surface area contributed by atoms with Gasteiger partial charge in [0.1, 0.15) is 5.75 Å². The van der Waals surface area contributed by atoms with Crippen LogP contribution in [-0.4, -0.2) is 26.1 Å². The molecule has 0 N–H and O–H groups in total. The fraction of sp³-hybridized carbons (Fsp3) is 0.462. The average molecular weight is 222 g/mol. The minimum Gasteiger partial charge on any atom is -0.493 e. The molecule has 3 heteroatoms. The van der Waals surface area contributed by atoms with E-state index in [4.69, 9.17) is 9.47 Å². The molecule has 0 bridgehead atoms. The molecular formula is C13H18O3. The highest BCUT2D eigenvalue weighted by Crippen LogP contribution is 2.19. The number of Topliss-reactive ketones (excluding diaryl/α,β-unsaturated/α-hetero) is 1. The van der Waals surface area contributed by atoms with Gasteiger partial charge in [0.05, 0.1) is 6.61 Å². The SMILES string of the molecule is COCCCOc1ccc(C(C)=O)cc1C. The number of ether oxygens (including phenoxy) is 2. The van der Waals surface area contributed by atoms with Gasteiger partial charge >= 0.3 is 0 Å². The van der Waals surface area contributed by atoms with E-state index in [1.165, 1.54) is 0 Å². The maximum Gasteiger partial charge on any atom is 0.159 e. The quantitative estimate of drug-likeness (QED) is 0.548. The first-order valence-electron chi connectivity index (χ1n) is 5.38. The van der Waals surface area contributed by atoms with Gasteiger partial charge in [0.25, 0.3) is 0 Å². The monoisotopic (exact) mass is 222 g/mol. The largest absolute Gasteiger partial charge is 0.493 e. The van der Waals surface area contributed by atoms with Gasteiger partial charge in [0, 0.05) is 25.7 Å². The van der Waals surface area contributed by atoms with Gasteiger partial charge in [0.2, 0.25) is 0 Å². The van der Waals surface area contributed by atoms with Crippen molar-refractivity contribution in [2.24, 2.45) is 0 Å². The lowest BCUT2D eigenvalue weighted by atomic mass is 10.1. The zero-order valence-electron chi connectivity index (χ0n) is 10.1. The summed E-state index contributed by atoms with van der Waals surface area (Å²) >= 11 is 0. The summed E-state index contributed by atoms with van der Waals surface area (Å²) < 4.78 is 10.5. The second-order valence-corrected chi connectivity index (χ2v) is 3.73. The molecule has 0 amide bonds. The summed E-state index contributed by atoms with van der Waals surface area (Å²) in [4.78, 5) is 11.2. The summed E-state index contributed by atoms with van der Waals surface area (Å²) in [6.45, 7) is 4.84. The van der Waals surface area contributed by atoms with Crippen LogP contribution in [0, 0.1) is 6.92 Å². The van der Waals surface area contributed by atoms with Gasteiger partial charge in [-0.3, -0.25) is 4.79 Å². The van der Waals surface area contributed by atoms with E-state index in [9.17, 15) is 4.79 Å². The van der Waals surface area contributed by atoms with E-state index in [0.29, 0.717) is 13.2 Å². The number of hydrogen-bond acceptors (Lipinski definition) is 3. The third-order valence-corrected chi connectivity index (χ3v) is 2.33. The van der Waals surface area contributed by atoms with Crippen LogP contribution in [0.25, 0.3) is 0 Å². The zero-order chi connectivity index (χ0) is 12.0. The number of methoxy groups -OCH3 is 1. The summed E-state index contributed by atoms with van der Waals surface area (Å²) in [6.07, 6.45) is 0.865. The van der Waals surface area contributed by atoms with E-state index < -0.39 is 0 Å². The van der Waals surface area contributed by atoms with Gasteiger partial charge in [-0.15, -0.1) is 0 Å². The molecule has 0 saturated carbocycles. The molecule has 88 valence electrons. The van der Waals surface area contributed by atoms with Crippen molar-refractivity contribution in [2.45, 2.75) is 20.3 Å². The lowest BCUT2D eigenvalue weighted by molar-refractivity contribution is 0.101. The van der Waals surface area contributed by atoms with Crippen molar-refractivity contribution in [3.8, 4) is 5.75 Å². The third kappa shape index (κ3) is 3.66. The molecule has 1 aromatic carbocycles. The maximum absolute atomic E-state index is 11.2. The Kier molecular flexibility index (Phi) is 4.99. The molecule has 0 aliphatic heterocycles. The van der Waals surface area contributed by atoms with Crippen molar-refractivity contribution < 1.29 is 14.3 Å². The first-order chi connectivity index (χ1) is 7.65. The number of rotatable bonds is 6. The first-order valence-corrected chi connectivity index (χ1v) is 5.38. The molecule has 0 atom stereocenters. The summed E-state index contributed by atoms with van der Waals surface area (Å²) in [5.41, 5.74) is 1.71. The van der Waals surface area contributed by atoms with E-state index in [-0.39, 0.29) is 5.78 Å². The second kappa shape index (κ2) is 6.28. The van der Waals surface area contributed by atoms with E-state index in [2.05, 4.69) is 0 Å². The molecule has 0 aliphatic rings. The molecule has 0 spiro atoms. The zero-order valence-corrected chi connectivity index (χ0v) is 10.1. The van der Waals surface area contributed by atoms with Crippen LogP contribution in [0.1, 0.15) is 29.3 Å². The molecule has 0 radical (unpaired) electrons. The molecule has 0 saturated heterocycles. The predicted molar refractivity (Wildman–Crippen MR) is 63.2 cm³/mol. The topological polar surface area (TPSA) is 35.5 Å². The predicted octanol–water partition coefficient (Wildman–Crippen LogP) is 2.61. The minimum atomic E-state index is 0.0778. The lowest BCUT2D eigenvalue weighted by Crippen LogP contribution is -2.03. The van der Waals surface area contributed by atoms with Gasteiger partial charge in [0.15, 0.2) is 5.78 Å². The van der Waals surface area contributed by atoms with E-state index in [1.54, 1.807) is 20.1 Å². The highest BCUT2D eigenvalue weighted by Gasteiger charge is 2.04. The fourth-order valence-electron chi connectivity index (χ4n) is 1.42. The molecule has 0 fully saturated rings. The first kappa shape index (κ1) is 12.7. The Morgan fingerprint density at radius 2 is 2.06 bits per heavy atom. The van der Waals surface area contributed by atoms with Gasteiger partial charge in [-0.1, -0.05) is 0 Å². The van der Waals surface area contributed by atoms with Crippen molar-refractivity contribution >= 4 is 5.78 Å². The van der Waals surface area contributed by atoms with Crippen LogP contribution >= 0.6 is 0 Å². The molecule has 0 aromatic heterocycles. The van der Waals surface area contributed by atoms with Gasteiger partial charge in [-0.25, -0.2) is 0 Å². The smallest absolute Gasteiger partial charge is 0.159 e. The summed E-state index contributed by atoms with van der Waals surface area (Å²) in [6, 6.07) is 5.49. The number of aryl methyl sites for hydroxylation is 1.